The van der Waals surface area contributed by atoms with Crippen molar-refractivity contribution >= 4 is 11.9 Å². The van der Waals surface area contributed by atoms with Crippen LogP contribution in [0.5, 0.6) is 0 Å². The first-order chi connectivity index (χ1) is 9.69. The Morgan fingerprint density at radius 3 is 3.00 bits per heavy atom. The number of hydrogen-bond donors (Lipinski definition) is 1. The van der Waals surface area contributed by atoms with Crippen molar-refractivity contribution < 1.29 is 18.7 Å². The van der Waals surface area contributed by atoms with Gasteiger partial charge < -0.3 is 19.6 Å². The third-order valence-electron chi connectivity index (χ3n) is 3.09. The molecule has 6 nitrogen and oxygen atoms in total. The average Bonchev–Trinajstić information content (AvgIpc) is 3.04. The summed E-state index contributed by atoms with van der Waals surface area (Å²) in [5.74, 6) is -0.306. The monoisotopic (exact) mass is 274 g/mol. The predicted octanol–water partition coefficient (Wildman–Crippen LogP) is 2.13. The van der Waals surface area contributed by atoms with E-state index in [0.29, 0.717) is 19.1 Å². The SMILES string of the molecule is CCOC(=O)c1nc(-c2ccc3c(c2)COC3)oc1N. The molecule has 0 amide bonds. The lowest BCUT2D eigenvalue weighted by Crippen LogP contribution is -2.07. The van der Waals surface area contributed by atoms with Crippen molar-refractivity contribution in [3.05, 3.63) is 35.0 Å². The third kappa shape index (κ3) is 2.14. The number of rotatable bonds is 3. The van der Waals surface area contributed by atoms with Gasteiger partial charge in [-0.05, 0) is 30.2 Å². The Bertz CT molecular complexity index is 663. The summed E-state index contributed by atoms with van der Waals surface area (Å²) in [4.78, 5) is 15.8. The van der Waals surface area contributed by atoms with Crippen LogP contribution in [0.2, 0.25) is 0 Å². The molecule has 1 aliphatic rings. The molecule has 6 heteroatoms. The number of oxazole rings is 1. The fourth-order valence-corrected chi connectivity index (χ4v) is 2.11. The third-order valence-corrected chi connectivity index (χ3v) is 3.09. The van der Waals surface area contributed by atoms with Gasteiger partial charge in [-0.1, -0.05) is 6.07 Å². The minimum atomic E-state index is -0.579. The van der Waals surface area contributed by atoms with Gasteiger partial charge in [0.05, 0.1) is 19.8 Å². The largest absolute Gasteiger partial charge is 0.461 e. The number of nitrogens with two attached hydrogens (primary N) is 1. The van der Waals surface area contributed by atoms with E-state index in [2.05, 4.69) is 4.98 Å². The van der Waals surface area contributed by atoms with Gasteiger partial charge in [-0.25, -0.2) is 4.79 Å². The van der Waals surface area contributed by atoms with Crippen LogP contribution in [0.15, 0.2) is 22.6 Å². The standard InChI is InChI=1S/C14H14N2O4/c1-2-19-14(17)11-12(15)20-13(16-11)8-3-4-9-6-18-7-10(9)5-8/h3-5H,2,6-7,15H2,1H3. The normalized spacial score (nSPS) is 13.2. The summed E-state index contributed by atoms with van der Waals surface area (Å²) in [6.07, 6.45) is 0. The Hall–Kier alpha value is -2.34. The number of benzene rings is 1. The Morgan fingerprint density at radius 1 is 1.40 bits per heavy atom. The first kappa shape index (κ1) is 12.7. The van der Waals surface area contributed by atoms with Crippen LogP contribution in [-0.4, -0.2) is 17.6 Å². The van der Waals surface area contributed by atoms with Crippen molar-refractivity contribution in [3.8, 4) is 11.5 Å². The second kappa shape index (κ2) is 4.97. The molecule has 0 radical (unpaired) electrons. The quantitative estimate of drug-likeness (QED) is 0.863. The molecule has 0 atom stereocenters. The number of esters is 1. The number of nitrogens with zero attached hydrogens (tertiary/aromatic N) is 1. The number of fused-ring (bicyclic) bond motifs is 1. The van der Waals surface area contributed by atoms with Crippen LogP contribution in [0, 0.1) is 0 Å². The van der Waals surface area contributed by atoms with Gasteiger partial charge in [-0.3, -0.25) is 0 Å². The Morgan fingerprint density at radius 2 is 2.20 bits per heavy atom. The van der Waals surface area contributed by atoms with Crippen molar-refractivity contribution in [3.63, 3.8) is 0 Å². The van der Waals surface area contributed by atoms with Gasteiger partial charge >= 0.3 is 5.97 Å². The molecule has 0 saturated carbocycles. The van der Waals surface area contributed by atoms with Gasteiger partial charge in [0.1, 0.15) is 0 Å². The van der Waals surface area contributed by atoms with Gasteiger partial charge in [-0.15, -0.1) is 0 Å². The van der Waals surface area contributed by atoms with Crippen molar-refractivity contribution in [1.82, 2.24) is 4.98 Å². The zero-order valence-corrected chi connectivity index (χ0v) is 11.0. The molecule has 2 heterocycles. The molecule has 20 heavy (non-hydrogen) atoms. The fourth-order valence-electron chi connectivity index (χ4n) is 2.11. The molecular weight excluding hydrogens is 260 g/mol. The first-order valence-electron chi connectivity index (χ1n) is 6.32. The van der Waals surface area contributed by atoms with Crippen molar-refractivity contribution in [2.75, 3.05) is 12.3 Å². The number of anilines is 1. The highest BCUT2D eigenvalue weighted by Crippen LogP contribution is 2.28. The Balaban J connectivity index is 1.95. The summed E-state index contributed by atoms with van der Waals surface area (Å²) in [7, 11) is 0. The number of carbonyl (C=O) groups excluding carboxylic acids is 1. The summed E-state index contributed by atoms with van der Waals surface area (Å²) < 4.78 is 15.6. The molecule has 1 aliphatic heterocycles. The van der Waals surface area contributed by atoms with Gasteiger partial charge in [0.2, 0.25) is 17.5 Å². The number of nitrogen functional groups attached to an aromatic ring is 1. The maximum absolute atomic E-state index is 11.7. The van der Waals surface area contributed by atoms with E-state index in [1.54, 1.807) is 6.92 Å². The van der Waals surface area contributed by atoms with Crippen LogP contribution < -0.4 is 5.73 Å². The fraction of sp³-hybridized carbons (Fsp3) is 0.286. The highest BCUT2D eigenvalue weighted by Gasteiger charge is 2.21. The second-order valence-corrected chi connectivity index (χ2v) is 4.43. The van der Waals surface area contributed by atoms with Gasteiger partial charge in [-0.2, -0.15) is 4.98 Å². The number of hydrogen-bond acceptors (Lipinski definition) is 6. The molecular formula is C14H14N2O4. The number of aromatic nitrogens is 1. The van der Waals surface area contributed by atoms with E-state index >= 15 is 0 Å². The summed E-state index contributed by atoms with van der Waals surface area (Å²) in [5, 5.41) is 0. The molecule has 0 bridgehead atoms. The summed E-state index contributed by atoms with van der Waals surface area (Å²) in [6, 6.07) is 5.76. The average molecular weight is 274 g/mol. The van der Waals surface area contributed by atoms with E-state index in [9.17, 15) is 4.79 Å². The summed E-state index contributed by atoms with van der Waals surface area (Å²) in [6.45, 7) is 3.17. The van der Waals surface area contributed by atoms with Crippen molar-refractivity contribution in [2.45, 2.75) is 20.1 Å². The second-order valence-electron chi connectivity index (χ2n) is 4.43. The lowest BCUT2D eigenvalue weighted by molar-refractivity contribution is 0.0521. The summed E-state index contributed by atoms with van der Waals surface area (Å²) in [5.41, 5.74) is 8.69. The Labute approximate surface area is 115 Å². The zero-order chi connectivity index (χ0) is 14.1. The minimum Gasteiger partial charge on any atom is -0.461 e. The van der Waals surface area contributed by atoms with Crippen molar-refractivity contribution in [1.29, 1.82) is 0 Å². The lowest BCUT2D eigenvalue weighted by Gasteiger charge is -1.99. The summed E-state index contributed by atoms with van der Waals surface area (Å²) >= 11 is 0. The zero-order valence-electron chi connectivity index (χ0n) is 11.0. The molecule has 1 aromatic carbocycles. The molecule has 2 aromatic rings. The van der Waals surface area contributed by atoms with E-state index in [1.165, 1.54) is 0 Å². The highest BCUT2D eigenvalue weighted by atomic mass is 16.5. The molecule has 0 aliphatic carbocycles. The van der Waals surface area contributed by atoms with Crippen LogP contribution >= 0.6 is 0 Å². The molecule has 0 fully saturated rings. The van der Waals surface area contributed by atoms with Crippen LogP contribution in [0.3, 0.4) is 0 Å². The molecule has 1 aromatic heterocycles. The number of carbonyl (C=O) groups is 1. The van der Waals surface area contributed by atoms with E-state index < -0.39 is 5.97 Å². The lowest BCUT2D eigenvalue weighted by atomic mass is 10.1. The smallest absolute Gasteiger partial charge is 0.362 e. The van der Waals surface area contributed by atoms with E-state index in [-0.39, 0.29) is 18.2 Å². The molecule has 0 saturated heterocycles. The minimum absolute atomic E-state index is 0.0126. The maximum atomic E-state index is 11.7. The Kier molecular flexibility index (Phi) is 3.15. The van der Waals surface area contributed by atoms with Gasteiger partial charge in [0, 0.05) is 5.56 Å². The highest BCUT2D eigenvalue weighted by molar-refractivity contribution is 5.92. The van der Waals surface area contributed by atoms with E-state index in [4.69, 9.17) is 19.6 Å². The van der Waals surface area contributed by atoms with Crippen LogP contribution in [0.25, 0.3) is 11.5 Å². The number of ether oxygens (including phenoxy) is 2. The first-order valence-corrected chi connectivity index (χ1v) is 6.32. The topological polar surface area (TPSA) is 87.6 Å². The molecule has 0 unspecified atom stereocenters. The molecule has 2 N–H and O–H groups in total. The van der Waals surface area contributed by atoms with Crippen LogP contribution in [0.1, 0.15) is 28.5 Å². The van der Waals surface area contributed by atoms with Gasteiger partial charge in [0.25, 0.3) is 0 Å². The molecule has 0 spiro atoms. The molecule has 104 valence electrons. The van der Waals surface area contributed by atoms with Gasteiger partial charge in [0.15, 0.2) is 0 Å². The van der Waals surface area contributed by atoms with E-state index in [0.717, 1.165) is 16.7 Å². The van der Waals surface area contributed by atoms with Crippen LogP contribution in [0.4, 0.5) is 5.88 Å². The van der Waals surface area contributed by atoms with E-state index in [1.807, 2.05) is 18.2 Å². The maximum Gasteiger partial charge on any atom is 0.362 e. The molecule has 3 rings (SSSR count). The van der Waals surface area contributed by atoms with Crippen LogP contribution in [-0.2, 0) is 22.7 Å². The predicted molar refractivity (Wildman–Crippen MR) is 70.8 cm³/mol. The van der Waals surface area contributed by atoms with Crippen molar-refractivity contribution in [2.24, 2.45) is 0 Å².